The number of nitrogens with zero attached hydrogens (tertiary/aromatic N) is 2. The van der Waals surface area contributed by atoms with E-state index >= 15 is 0 Å². The summed E-state index contributed by atoms with van der Waals surface area (Å²) in [6.45, 7) is 8.64. The van der Waals surface area contributed by atoms with Gasteiger partial charge in [-0.05, 0) is 24.5 Å². The number of aromatic nitrogens is 2. The molecule has 1 atom stereocenters. The summed E-state index contributed by atoms with van der Waals surface area (Å²) in [6, 6.07) is 7.32. The van der Waals surface area contributed by atoms with Crippen LogP contribution in [0.25, 0.3) is 11.4 Å². The molecule has 0 radical (unpaired) electrons. The number of rotatable bonds is 4. The summed E-state index contributed by atoms with van der Waals surface area (Å²) in [6.07, 6.45) is 0. The lowest BCUT2D eigenvalue weighted by molar-refractivity contribution is 0.253. The second kappa shape index (κ2) is 5.63. The summed E-state index contributed by atoms with van der Waals surface area (Å²) in [5, 5.41) is 4.02. The van der Waals surface area contributed by atoms with Gasteiger partial charge in [0.05, 0.1) is 18.2 Å². The molecule has 0 amide bonds. The summed E-state index contributed by atoms with van der Waals surface area (Å²) < 4.78 is 10.9. The van der Waals surface area contributed by atoms with Crippen molar-refractivity contribution < 1.29 is 9.26 Å². The van der Waals surface area contributed by atoms with E-state index in [0.29, 0.717) is 18.3 Å². The van der Waals surface area contributed by atoms with Crippen molar-refractivity contribution in [3.63, 3.8) is 0 Å². The molecule has 108 valence electrons. The average Bonchev–Trinajstić information content (AvgIpc) is 2.87. The zero-order chi connectivity index (χ0) is 14.8. The summed E-state index contributed by atoms with van der Waals surface area (Å²) in [7, 11) is 0. The molecule has 0 fully saturated rings. The molecule has 1 heterocycles. The molecule has 0 aliphatic rings. The molecule has 0 bridgehead atoms. The second-order valence-corrected chi connectivity index (χ2v) is 5.73. The van der Waals surface area contributed by atoms with E-state index < -0.39 is 0 Å². The Morgan fingerprint density at radius 3 is 2.65 bits per heavy atom. The van der Waals surface area contributed by atoms with E-state index in [1.807, 2.05) is 52.0 Å². The van der Waals surface area contributed by atoms with Gasteiger partial charge in [0, 0.05) is 0 Å². The molecule has 1 aromatic carbocycles. The van der Waals surface area contributed by atoms with E-state index in [1.54, 1.807) is 0 Å². The van der Waals surface area contributed by atoms with Crippen molar-refractivity contribution in [2.45, 2.75) is 33.7 Å². The molecular weight excluding hydrogens is 254 g/mol. The Labute approximate surface area is 119 Å². The van der Waals surface area contributed by atoms with Gasteiger partial charge in [-0.3, -0.25) is 0 Å². The number of hydrogen-bond donors (Lipinski definition) is 1. The van der Waals surface area contributed by atoms with E-state index in [4.69, 9.17) is 15.0 Å². The average molecular weight is 275 g/mol. The standard InChI is InChI=1S/C15H21N3O2/c1-5-19-11-9-7-6-8-10(11)13-17-14(20-18-13)12(16)15(2,3)4/h6-9,12H,5,16H2,1-4H3/t12-/m0/s1. The van der Waals surface area contributed by atoms with Gasteiger partial charge in [0.25, 0.3) is 0 Å². The molecule has 0 saturated carbocycles. The van der Waals surface area contributed by atoms with Crippen LogP contribution in [0.4, 0.5) is 0 Å². The van der Waals surface area contributed by atoms with Crippen LogP contribution in [0.5, 0.6) is 5.75 Å². The maximum absolute atomic E-state index is 6.13. The third-order valence-corrected chi connectivity index (χ3v) is 3.07. The molecule has 0 saturated heterocycles. The van der Waals surface area contributed by atoms with Crippen molar-refractivity contribution >= 4 is 0 Å². The first-order valence-corrected chi connectivity index (χ1v) is 6.75. The Balaban J connectivity index is 2.34. The molecule has 0 unspecified atom stereocenters. The smallest absolute Gasteiger partial charge is 0.244 e. The molecule has 0 spiro atoms. The Morgan fingerprint density at radius 2 is 2.00 bits per heavy atom. The molecule has 0 aliphatic heterocycles. The fourth-order valence-corrected chi connectivity index (χ4v) is 1.77. The lowest BCUT2D eigenvalue weighted by Crippen LogP contribution is -2.26. The summed E-state index contributed by atoms with van der Waals surface area (Å²) >= 11 is 0. The maximum atomic E-state index is 6.13. The molecule has 5 nitrogen and oxygen atoms in total. The van der Waals surface area contributed by atoms with Crippen LogP contribution in [0.1, 0.15) is 39.6 Å². The van der Waals surface area contributed by atoms with Gasteiger partial charge in [0.2, 0.25) is 11.7 Å². The lowest BCUT2D eigenvalue weighted by atomic mass is 9.87. The molecule has 2 N–H and O–H groups in total. The minimum Gasteiger partial charge on any atom is -0.493 e. The van der Waals surface area contributed by atoms with Gasteiger partial charge in [-0.25, -0.2) is 0 Å². The van der Waals surface area contributed by atoms with Crippen LogP contribution in [0.3, 0.4) is 0 Å². The zero-order valence-corrected chi connectivity index (χ0v) is 12.4. The van der Waals surface area contributed by atoms with Gasteiger partial charge in [0.1, 0.15) is 5.75 Å². The van der Waals surface area contributed by atoms with Crippen LogP contribution < -0.4 is 10.5 Å². The largest absolute Gasteiger partial charge is 0.493 e. The Bertz CT molecular complexity index is 572. The Morgan fingerprint density at radius 1 is 1.30 bits per heavy atom. The van der Waals surface area contributed by atoms with Crippen LogP contribution in [-0.4, -0.2) is 16.7 Å². The van der Waals surface area contributed by atoms with E-state index in [1.165, 1.54) is 0 Å². The molecule has 20 heavy (non-hydrogen) atoms. The van der Waals surface area contributed by atoms with Crippen LogP contribution in [-0.2, 0) is 0 Å². The fourth-order valence-electron chi connectivity index (χ4n) is 1.77. The minimum absolute atomic E-state index is 0.136. The highest BCUT2D eigenvalue weighted by molar-refractivity contribution is 5.63. The van der Waals surface area contributed by atoms with Crippen LogP contribution in [0, 0.1) is 5.41 Å². The third kappa shape index (κ3) is 2.99. The molecule has 5 heteroatoms. The Hall–Kier alpha value is -1.88. The number of para-hydroxylation sites is 1. The number of benzene rings is 1. The van der Waals surface area contributed by atoms with Crippen LogP contribution in [0.15, 0.2) is 28.8 Å². The van der Waals surface area contributed by atoms with E-state index in [0.717, 1.165) is 11.3 Å². The minimum atomic E-state index is -0.303. The highest BCUT2D eigenvalue weighted by atomic mass is 16.5. The maximum Gasteiger partial charge on any atom is 0.244 e. The highest BCUT2D eigenvalue weighted by Crippen LogP contribution is 2.32. The molecular formula is C15H21N3O2. The fraction of sp³-hybridized carbons (Fsp3) is 0.467. The lowest BCUT2D eigenvalue weighted by Gasteiger charge is -2.23. The molecule has 2 rings (SSSR count). The third-order valence-electron chi connectivity index (χ3n) is 3.07. The monoisotopic (exact) mass is 275 g/mol. The quantitative estimate of drug-likeness (QED) is 0.927. The molecule has 1 aromatic heterocycles. The van der Waals surface area contributed by atoms with Crippen molar-refractivity contribution in [3.05, 3.63) is 30.2 Å². The number of hydrogen-bond acceptors (Lipinski definition) is 5. The van der Waals surface area contributed by atoms with E-state index in [-0.39, 0.29) is 11.5 Å². The van der Waals surface area contributed by atoms with E-state index in [2.05, 4.69) is 10.1 Å². The topological polar surface area (TPSA) is 74.2 Å². The van der Waals surface area contributed by atoms with E-state index in [9.17, 15) is 0 Å². The van der Waals surface area contributed by atoms with Gasteiger partial charge in [-0.15, -0.1) is 0 Å². The van der Waals surface area contributed by atoms with Crippen LogP contribution in [0.2, 0.25) is 0 Å². The van der Waals surface area contributed by atoms with Gasteiger partial charge < -0.3 is 15.0 Å². The second-order valence-electron chi connectivity index (χ2n) is 5.73. The first-order valence-electron chi connectivity index (χ1n) is 6.75. The predicted molar refractivity (Wildman–Crippen MR) is 77.3 cm³/mol. The Kier molecular flexibility index (Phi) is 4.09. The van der Waals surface area contributed by atoms with Crippen molar-refractivity contribution in [1.82, 2.24) is 10.1 Å². The summed E-state index contributed by atoms with van der Waals surface area (Å²) in [5.74, 6) is 1.69. The number of nitrogens with two attached hydrogens (primary N) is 1. The predicted octanol–water partition coefficient (Wildman–Crippen LogP) is 3.18. The van der Waals surface area contributed by atoms with Gasteiger partial charge in [-0.1, -0.05) is 38.1 Å². The van der Waals surface area contributed by atoms with Gasteiger partial charge in [-0.2, -0.15) is 4.98 Å². The van der Waals surface area contributed by atoms with Crippen molar-refractivity contribution in [1.29, 1.82) is 0 Å². The van der Waals surface area contributed by atoms with Gasteiger partial charge >= 0.3 is 0 Å². The SMILES string of the molecule is CCOc1ccccc1-c1noc([C@H](N)C(C)(C)C)n1. The molecule has 0 aliphatic carbocycles. The number of ether oxygens (including phenoxy) is 1. The van der Waals surface area contributed by atoms with Crippen molar-refractivity contribution in [3.8, 4) is 17.1 Å². The molecule has 2 aromatic rings. The van der Waals surface area contributed by atoms with Crippen LogP contribution >= 0.6 is 0 Å². The van der Waals surface area contributed by atoms with Gasteiger partial charge in [0.15, 0.2) is 0 Å². The normalized spacial score (nSPS) is 13.2. The van der Waals surface area contributed by atoms with Crippen molar-refractivity contribution in [2.24, 2.45) is 11.1 Å². The summed E-state index contributed by atoms with van der Waals surface area (Å²) in [4.78, 5) is 4.41. The first-order chi connectivity index (χ1) is 9.43. The summed E-state index contributed by atoms with van der Waals surface area (Å²) in [5.41, 5.74) is 6.81. The zero-order valence-electron chi connectivity index (χ0n) is 12.4. The highest BCUT2D eigenvalue weighted by Gasteiger charge is 2.28. The van der Waals surface area contributed by atoms with Crippen molar-refractivity contribution in [2.75, 3.05) is 6.61 Å². The first kappa shape index (κ1) is 14.5.